The quantitative estimate of drug-likeness (QED) is 0.627. The molecule has 8 heteroatoms. The number of hydrogen-bond acceptors (Lipinski definition) is 5. The fourth-order valence-corrected chi connectivity index (χ4v) is 4.71. The van der Waals surface area contributed by atoms with Gasteiger partial charge in [0.2, 0.25) is 5.91 Å². The Balaban J connectivity index is 1.44. The van der Waals surface area contributed by atoms with Gasteiger partial charge in [0.15, 0.2) is 0 Å². The summed E-state index contributed by atoms with van der Waals surface area (Å²) in [5, 5.41) is 0.657. The summed E-state index contributed by atoms with van der Waals surface area (Å²) in [6, 6.07) is 11.0. The van der Waals surface area contributed by atoms with E-state index in [1.54, 1.807) is 18.3 Å². The van der Waals surface area contributed by atoms with E-state index >= 15 is 0 Å². The van der Waals surface area contributed by atoms with Crippen molar-refractivity contribution in [2.45, 2.75) is 26.2 Å². The maximum Gasteiger partial charge on any atom is 0.255 e. The third-order valence-corrected chi connectivity index (χ3v) is 7.26. The van der Waals surface area contributed by atoms with E-state index in [1.165, 1.54) is 0 Å². The van der Waals surface area contributed by atoms with Gasteiger partial charge in [-0.25, -0.2) is 0 Å². The van der Waals surface area contributed by atoms with Crippen LogP contribution in [-0.2, 0) is 4.79 Å². The average Bonchev–Trinajstić information content (AvgIpc) is 2.85. The number of rotatable bonds is 6. The summed E-state index contributed by atoms with van der Waals surface area (Å²) in [4.78, 5) is 36.6. The van der Waals surface area contributed by atoms with Crippen LogP contribution < -0.4 is 4.74 Å². The van der Waals surface area contributed by atoms with Gasteiger partial charge in [0.25, 0.3) is 5.91 Å². The third-order valence-electron chi connectivity index (χ3n) is 7.01. The van der Waals surface area contributed by atoms with E-state index in [0.29, 0.717) is 49.5 Å². The smallest absolute Gasteiger partial charge is 0.255 e. The molecular formula is C26H33ClN4O3. The van der Waals surface area contributed by atoms with E-state index in [4.69, 9.17) is 16.3 Å². The van der Waals surface area contributed by atoms with E-state index in [9.17, 15) is 9.59 Å². The maximum atomic E-state index is 13.2. The molecule has 4 rings (SSSR count). The average molecular weight is 485 g/mol. The van der Waals surface area contributed by atoms with E-state index in [0.717, 1.165) is 37.6 Å². The summed E-state index contributed by atoms with van der Waals surface area (Å²) in [6.45, 7) is 6.83. The number of piperidine rings is 1. The number of ether oxygens (including phenoxy) is 1. The van der Waals surface area contributed by atoms with Crippen LogP contribution in [-0.4, -0.2) is 84.4 Å². The van der Waals surface area contributed by atoms with Gasteiger partial charge in [0, 0.05) is 68.0 Å². The van der Waals surface area contributed by atoms with Gasteiger partial charge in [-0.05, 0) is 63.2 Å². The molecule has 0 bridgehead atoms. The molecule has 0 N–H and O–H groups in total. The number of aryl methyl sites for hydroxylation is 1. The van der Waals surface area contributed by atoms with Crippen LogP contribution >= 0.6 is 11.6 Å². The Hall–Kier alpha value is -2.64. The molecule has 182 valence electrons. The van der Waals surface area contributed by atoms with Crippen molar-refractivity contribution in [3.8, 4) is 5.75 Å². The van der Waals surface area contributed by atoms with Gasteiger partial charge in [-0.2, -0.15) is 0 Å². The molecule has 2 saturated heterocycles. The number of likely N-dealkylation sites (N-methyl/N-ethyl adjacent to an activating group) is 1. The summed E-state index contributed by atoms with van der Waals surface area (Å²) in [5.41, 5.74) is 1.17. The minimum atomic E-state index is -0.317. The Morgan fingerprint density at radius 2 is 1.65 bits per heavy atom. The maximum absolute atomic E-state index is 13.2. The standard InChI is InChI=1S/C26H33ClN4O3/c1-20-3-4-21(18-28-20)25(33)31-11-9-26(10-12-31,19-34-23-7-5-22(27)6-8-23)17-24(32)30-15-13-29(2)14-16-30/h3-8,18H,9-17,19H2,1-2H3. The molecule has 1 aromatic heterocycles. The van der Waals surface area contributed by atoms with E-state index < -0.39 is 0 Å². The second kappa shape index (κ2) is 10.7. The highest BCUT2D eigenvalue weighted by molar-refractivity contribution is 6.30. The van der Waals surface area contributed by atoms with Crippen LogP contribution in [0.4, 0.5) is 0 Å². The lowest BCUT2D eigenvalue weighted by atomic mass is 9.75. The Morgan fingerprint density at radius 3 is 2.26 bits per heavy atom. The summed E-state index contributed by atoms with van der Waals surface area (Å²) in [5.74, 6) is 0.903. The van der Waals surface area contributed by atoms with E-state index in [2.05, 4.69) is 16.9 Å². The number of likely N-dealkylation sites (tertiary alicyclic amines) is 1. The number of nitrogens with zero attached hydrogens (tertiary/aromatic N) is 4. The molecule has 0 spiro atoms. The van der Waals surface area contributed by atoms with Gasteiger partial charge in [-0.1, -0.05) is 11.6 Å². The van der Waals surface area contributed by atoms with Crippen LogP contribution in [0.15, 0.2) is 42.6 Å². The van der Waals surface area contributed by atoms with Crippen LogP contribution in [0.1, 0.15) is 35.3 Å². The topological polar surface area (TPSA) is 66.0 Å². The van der Waals surface area contributed by atoms with Gasteiger partial charge in [0.1, 0.15) is 5.75 Å². The lowest BCUT2D eigenvalue weighted by molar-refractivity contribution is -0.136. The van der Waals surface area contributed by atoms with Crippen LogP contribution in [0.25, 0.3) is 0 Å². The number of halogens is 1. The van der Waals surface area contributed by atoms with Crippen molar-refractivity contribution in [1.82, 2.24) is 19.7 Å². The molecule has 0 unspecified atom stereocenters. The van der Waals surface area contributed by atoms with Crippen molar-refractivity contribution in [2.75, 3.05) is 52.9 Å². The number of hydrogen-bond donors (Lipinski definition) is 0. The van der Waals surface area contributed by atoms with E-state index in [-0.39, 0.29) is 17.2 Å². The number of benzene rings is 1. The lowest BCUT2D eigenvalue weighted by Crippen LogP contribution is -2.51. The molecule has 2 aliphatic heterocycles. The molecule has 34 heavy (non-hydrogen) atoms. The van der Waals surface area contributed by atoms with Crippen LogP contribution in [0.5, 0.6) is 5.75 Å². The van der Waals surface area contributed by atoms with Crippen molar-refractivity contribution in [3.05, 3.63) is 58.9 Å². The first kappa shape index (κ1) is 24.5. The third kappa shape index (κ3) is 6.07. The monoisotopic (exact) mass is 484 g/mol. The molecule has 3 heterocycles. The number of aromatic nitrogens is 1. The predicted molar refractivity (Wildman–Crippen MR) is 132 cm³/mol. The first-order valence-electron chi connectivity index (χ1n) is 11.9. The first-order valence-corrected chi connectivity index (χ1v) is 12.3. The molecule has 0 atom stereocenters. The molecule has 2 amide bonds. The number of carbonyl (C=O) groups excluding carboxylic acids is 2. The van der Waals surface area contributed by atoms with Crippen LogP contribution in [0, 0.1) is 12.3 Å². The molecule has 2 aliphatic rings. The number of piperazine rings is 1. The van der Waals surface area contributed by atoms with E-state index in [1.807, 2.05) is 41.0 Å². The number of carbonyl (C=O) groups is 2. The Kier molecular flexibility index (Phi) is 7.73. The van der Waals surface area contributed by atoms with Gasteiger partial charge < -0.3 is 19.4 Å². The highest BCUT2D eigenvalue weighted by atomic mass is 35.5. The number of pyridine rings is 1. The van der Waals surface area contributed by atoms with Crippen LogP contribution in [0.3, 0.4) is 0 Å². The highest BCUT2D eigenvalue weighted by Gasteiger charge is 2.40. The van der Waals surface area contributed by atoms with Crippen molar-refractivity contribution in [1.29, 1.82) is 0 Å². The van der Waals surface area contributed by atoms with Crippen molar-refractivity contribution in [2.24, 2.45) is 5.41 Å². The molecule has 2 fully saturated rings. The van der Waals surface area contributed by atoms with Gasteiger partial charge in [-0.15, -0.1) is 0 Å². The second-order valence-electron chi connectivity index (χ2n) is 9.58. The van der Waals surface area contributed by atoms with Crippen LogP contribution in [0.2, 0.25) is 5.02 Å². The normalized spacial score (nSPS) is 18.6. The second-order valence-corrected chi connectivity index (χ2v) is 10.0. The van der Waals surface area contributed by atoms with Gasteiger partial charge in [-0.3, -0.25) is 14.6 Å². The minimum absolute atomic E-state index is 0.00915. The van der Waals surface area contributed by atoms with Crippen molar-refractivity contribution >= 4 is 23.4 Å². The zero-order valence-corrected chi connectivity index (χ0v) is 20.8. The Labute approximate surface area is 206 Å². The molecule has 0 aliphatic carbocycles. The van der Waals surface area contributed by atoms with Crippen molar-refractivity contribution in [3.63, 3.8) is 0 Å². The zero-order valence-electron chi connectivity index (χ0n) is 20.0. The summed E-state index contributed by atoms with van der Waals surface area (Å²) in [6.07, 6.45) is 3.49. The van der Waals surface area contributed by atoms with Gasteiger partial charge in [0.05, 0.1) is 12.2 Å². The Bertz CT molecular complexity index is 980. The molecule has 1 aromatic carbocycles. The molecular weight excluding hydrogens is 452 g/mol. The Morgan fingerprint density at radius 1 is 0.971 bits per heavy atom. The first-order chi connectivity index (χ1) is 16.3. The largest absolute Gasteiger partial charge is 0.493 e. The molecule has 0 radical (unpaired) electrons. The predicted octanol–water partition coefficient (Wildman–Crippen LogP) is 3.51. The fourth-order valence-electron chi connectivity index (χ4n) is 4.59. The molecule has 2 aromatic rings. The van der Waals surface area contributed by atoms with Gasteiger partial charge >= 0.3 is 0 Å². The highest BCUT2D eigenvalue weighted by Crippen LogP contribution is 2.37. The number of amides is 2. The zero-order chi connectivity index (χ0) is 24.1. The fraction of sp³-hybridized carbons (Fsp3) is 0.500. The summed E-state index contributed by atoms with van der Waals surface area (Å²) >= 11 is 6.01. The lowest BCUT2D eigenvalue weighted by Gasteiger charge is -2.42. The minimum Gasteiger partial charge on any atom is -0.493 e. The summed E-state index contributed by atoms with van der Waals surface area (Å²) < 4.78 is 6.15. The summed E-state index contributed by atoms with van der Waals surface area (Å²) in [7, 11) is 2.08. The molecule has 0 saturated carbocycles. The molecule has 7 nitrogen and oxygen atoms in total. The van der Waals surface area contributed by atoms with Crippen molar-refractivity contribution < 1.29 is 14.3 Å². The SMILES string of the molecule is Cc1ccc(C(=O)N2CCC(COc3ccc(Cl)cc3)(CC(=O)N3CCN(C)CC3)CC2)cn1.